The van der Waals surface area contributed by atoms with Crippen LogP contribution in [0.1, 0.15) is 32.2 Å². The topological polar surface area (TPSA) is 85.6 Å². The average molecular weight is 513 g/mol. The largest absolute Gasteiger partial charge is 0.321 e. The van der Waals surface area contributed by atoms with Gasteiger partial charge in [0.1, 0.15) is 10.7 Å². The highest BCUT2D eigenvalue weighted by Crippen LogP contribution is 2.30. The predicted octanol–water partition coefficient (Wildman–Crippen LogP) is 6.26. The number of thioether (sulfide) groups is 1. The van der Waals surface area contributed by atoms with Crippen molar-refractivity contribution < 1.29 is 4.79 Å². The number of aromatic nitrogens is 5. The second kappa shape index (κ2) is 10.4. The van der Waals surface area contributed by atoms with E-state index in [0.29, 0.717) is 11.4 Å². The molecule has 180 valence electrons. The molecular weight excluding hydrogens is 488 g/mol. The van der Waals surface area contributed by atoms with Crippen LogP contribution in [0.2, 0.25) is 0 Å². The zero-order valence-electron chi connectivity index (χ0n) is 20.1. The van der Waals surface area contributed by atoms with E-state index in [4.69, 9.17) is 0 Å². The maximum atomic E-state index is 12.7. The van der Waals surface area contributed by atoms with Gasteiger partial charge in [0.25, 0.3) is 5.91 Å². The summed E-state index contributed by atoms with van der Waals surface area (Å²) in [6.07, 6.45) is 3.49. The molecule has 1 amide bonds. The Kier molecular flexibility index (Phi) is 6.92. The first-order valence-electron chi connectivity index (χ1n) is 11.4. The van der Waals surface area contributed by atoms with Gasteiger partial charge in [-0.1, -0.05) is 35.5 Å². The van der Waals surface area contributed by atoms with Gasteiger partial charge in [0.2, 0.25) is 0 Å². The van der Waals surface area contributed by atoms with Crippen LogP contribution in [0.15, 0.2) is 77.5 Å². The van der Waals surface area contributed by atoms with Crippen LogP contribution in [-0.4, -0.2) is 30.6 Å². The zero-order chi connectivity index (χ0) is 25.1. The van der Waals surface area contributed by atoms with Crippen LogP contribution in [-0.2, 0) is 5.75 Å². The molecule has 0 atom stereocenters. The molecule has 0 aliphatic carbocycles. The molecule has 7 nitrogen and oxygen atoms in total. The molecule has 0 fully saturated rings. The van der Waals surface area contributed by atoms with Crippen molar-refractivity contribution in [3.05, 3.63) is 99.8 Å². The van der Waals surface area contributed by atoms with Crippen molar-refractivity contribution in [2.24, 2.45) is 0 Å². The van der Waals surface area contributed by atoms with Crippen molar-refractivity contribution in [3.63, 3.8) is 0 Å². The van der Waals surface area contributed by atoms with Crippen LogP contribution < -0.4 is 5.32 Å². The first-order chi connectivity index (χ1) is 17.5. The third kappa shape index (κ3) is 5.22. The van der Waals surface area contributed by atoms with Crippen LogP contribution >= 0.6 is 23.1 Å². The molecule has 5 rings (SSSR count). The number of aryl methyl sites for hydroxylation is 3. The van der Waals surface area contributed by atoms with Crippen LogP contribution in [0.5, 0.6) is 0 Å². The molecule has 36 heavy (non-hydrogen) atoms. The van der Waals surface area contributed by atoms with E-state index in [0.717, 1.165) is 38.5 Å². The number of pyridine rings is 1. The van der Waals surface area contributed by atoms with Crippen LogP contribution in [0.3, 0.4) is 0 Å². The fourth-order valence-corrected chi connectivity index (χ4v) is 5.34. The standard InChI is InChI=1S/C27H24N6OS2/c1-17-4-8-22(9-5-17)33-25(20-10-12-28-13-11-20)31-32-27(33)36-16-24-30-23(15-35-24)26(34)29-21-7-6-18(2)19(3)14-21/h4-15H,16H2,1-3H3,(H,29,34). The van der Waals surface area contributed by atoms with Gasteiger partial charge in [-0.2, -0.15) is 0 Å². The lowest BCUT2D eigenvalue weighted by Crippen LogP contribution is -2.12. The fraction of sp³-hybridized carbons (Fsp3) is 0.148. The first kappa shape index (κ1) is 23.9. The molecule has 0 saturated heterocycles. The lowest BCUT2D eigenvalue weighted by atomic mass is 10.1. The molecule has 0 aliphatic rings. The summed E-state index contributed by atoms with van der Waals surface area (Å²) in [6.45, 7) is 6.13. The van der Waals surface area contributed by atoms with Crippen molar-refractivity contribution >= 4 is 34.7 Å². The Morgan fingerprint density at radius 3 is 2.50 bits per heavy atom. The normalized spacial score (nSPS) is 11.0. The second-order valence-corrected chi connectivity index (χ2v) is 10.3. The monoisotopic (exact) mass is 512 g/mol. The molecule has 0 unspecified atom stereocenters. The van der Waals surface area contributed by atoms with Gasteiger partial charge in [-0.05, 0) is 68.3 Å². The highest BCUT2D eigenvalue weighted by atomic mass is 32.2. The molecule has 0 aliphatic heterocycles. The van der Waals surface area contributed by atoms with E-state index < -0.39 is 0 Å². The quantitative estimate of drug-likeness (QED) is 0.259. The summed E-state index contributed by atoms with van der Waals surface area (Å²) in [5.41, 5.74) is 6.59. The molecule has 0 bridgehead atoms. The Labute approximate surface area is 217 Å². The number of nitrogens with one attached hydrogen (secondary N) is 1. The lowest BCUT2D eigenvalue weighted by molar-refractivity contribution is 0.102. The number of benzene rings is 2. The Morgan fingerprint density at radius 1 is 0.972 bits per heavy atom. The van der Waals surface area contributed by atoms with Crippen LogP contribution in [0.4, 0.5) is 5.69 Å². The van der Waals surface area contributed by atoms with E-state index in [9.17, 15) is 4.79 Å². The van der Waals surface area contributed by atoms with Crippen molar-refractivity contribution in [1.29, 1.82) is 0 Å². The maximum Gasteiger partial charge on any atom is 0.275 e. The molecule has 2 aromatic carbocycles. The summed E-state index contributed by atoms with van der Waals surface area (Å²) >= 11 is 3.00. The van der Waals surface area contributed by atoms with Crippen molar-refractivity contribution in [2.45, 2.75) is 31.7 Å². The van der Waals surface area contributed by atoms with E-state index in [1.807, 2.05) is 48.7 Å². The first-order valence-corrected chi connectivity index (χ1v) is 13.2. The van der Waals surface area contributed by atoms with Crippen LogP contribution in [0.25, 0.3) is 17.1 Å². The fourth-order valence-electron chi connectivity index (χ4n) is 3.60. The molecular formula is C27H24N6OS2. The van der Waals surface area contributed by atoms with Gasteiger partial charge in [0.15, 0.2) is 11.0 Å². The van der Waals surface area contributed by atoms with E-state index in [-0.39, 0.29) is 5.91 Å². The van der Waals surface area contributed by atoms with Crippen molar-refractivity contribution in [1.82, 2.24) is 24.7 Å². The highest BCUT2D eigenvalue weighted by Gasteiger charge is 2.18. The minimum Gasteiger partial charge on any atom is -0.321 e. The number of amides is 1. The maximum absolute atomic E-state index is 12.7. The number of hydrogen-bond donors (Lipinski definition) is 1. The SMILES string of the molecule is Cc1ccc(-n2c(SCc3nc(C(=O)Nc4ccc(C)c(C)c4)cs3)nnc2-c2ccncc2)cc1. The van der Waals surface area contributed by atoms with Crippen molar-refractivity contribution in [3.8, 4) is 17.1 Å². The van der Waals surface area contributed by atoms with Gasteiger partial charge in [-0.25, -0.2) is 4.98 Å². The summed E-state index contributed by atoms with van der Waals surface area (Å²) in [5.74, 6) is 1.10. The molecule has 1 N–H and O–H groups in total. The van der Waals surface area contributed by atoms with Gasteiger partial charge in [-0.15, -0.1) is 21.5 Å². The van der Waals surface area contributed by atoms with Crippen LogP contribution in [0, 0.1) is 20.8 Å². The van der Waals surface area contributed by atoms with Gasteiger partial charge in [-0.3, -0.25) is 14.3 Å². The number of rotatable bonds is 7. The average Bonchev–Trinajstić information content (AvgIpc) is 3.53. The third-order valence-electron chi connectivity index (χ3n) is 5.74. The number of thiazole rings is 1. The Bertz CT molecular complexity index is 1510. The third-order valence-corrected chi connectivity index (χ3v) is 7.71. The molecule has 0 saturated carbocycles. The van der Waals surface area contributed by atoms with E-state index in [2.05, 4.69) is 56.7 Å². The number of anilines is 1. The van der Waals surface area contributed by atoms with E-state index >= 15 is 0 Å². The van der Waals surface area contributed by atoms with Gasteiger partial charge in [0, 0.05) is 34.7 Å². The summed E-state index contributed by atoms with van der Waals surface area (Å²) in [7, 11) is 0. The molecule has 3 heterocycles. The lowest BCUT2D eigenvalue weighted by Gasteiger charge is -2.10. The Balaban J connectivity index is 1.35. The van der Waals surface area contributed by atoms with Gasteiger partial charge >= 0.3 is 0 Å². The zero-order valence-corrected chi connectivity index (χ0v) is 21.7. The number of hydrogen-bond acceptors (Lipinski definition) is 7. The van der Waals surface area contributed by atoms with Gasteiger partial charge < -0.3 is 5.32 Å². The van der Waals surface area contributed by atoms with E-state index in [1.165, 1.54) is 34.2 Å². The summed E-state index contributed by atoms with van der Waals surface area (Å²) in [4.78, 5) is 21.4. The smallest absolute Gasteiger partial charge is 0.275 e. The number of nitrogens with zero attached hydrogens (tertiary/aromatic N) is 5. The number of carbonyl (C=O) groups excluding carboxylic acids is 1. The summed E-state index contributed by atoms with van der Waals surface area (Å²) in [6, 6.07) is 18.0. The predicted molar refractivity (Wildman–Crippen MR) is 145 cm³/mol. The molecule has 3 aromatic heterocycles. The second-order valence-electron chi connectivity index (χ2n) is 8.38. The van der Waals surface area contributed by atoms with Crippen molar-refractivity contribution in [2.75, 3.05) is 5.32 Å². The Hall–Kier alpha value is -3.82. The van der Waals surface area contributed by atoms with Gasteiger partial charge in [0.05, 0.1) is 5.75 Å². The summed E-state index contributed by atoms with van der Waals surface area (Å²) in [5, 5.41) is 15.3. The Morgan fingerprint density at radius 2 is 1.75 bits per heavy atom. The molecule has 0 radical (unpaired) electrons. The minimum absolute atomic E-state index is 0.214. The summed E-state index contributed by atoms with van der Waals surface area (Å²) < 4.78 is 2.04. The molecule has 9 heteroatoms. The minimum atomic E-state index is -0.214. The van der Waals surface area contributed by atoms with E-state index in [1.54, 1.807) is 17.8 Å². The molecule has 0 spiro atoms. The molecule has 5 aromatic rings. The number of carbonyl (C=O) groups is 1. The highest BCUT2D eigenvalue weighted by molar-refractivity contribution is 7.98.